The summed E-state index contributed by atoms with van der Waals surface area (Å²) < 4.78 is 5.49. The number of ether oxygens (including phenoxy) is 1. The number of carboxylic acid groups (broad SMARTS) is 1. The van der Waals surface area contributed by atoms with Crippen molar-refractivity contribution in [3.8, 4) is 5.75 Å². The maximum Gasteiger partial charge on any atom is 0.328 e. The first kappa shape index (κ1) is 26.5. The predicted molar refractivity (Wildman–Crippen MR) is 147 cm³/mol. The summed E-state index contributed by atoms with van der Waals surface area (Å²) in [6.07, 6.45) is 4.80. The molecule has 0 aliphatic heterocycles. The topological polar surface area (TPSA) is 108 Å². The molecule has 1 fully saturated rings. The summed E-state index contributed by atoms with van der Waals surface area (Å²) in [5.41, 5.74) is 4.73. The minimum atomic E-state index is -0.995. The van der Waals surface area contributed by atoms with Crippen LogP contribution in [0.2, 0.25) is 0 Å². The van der Waals surface area contributed by atoms with Gasteiger partial charge in [0, 0.05) is 24.4 Å². The molecule has 0 spiro atoms. The Morgan fingerprint density at radius 1 is 0.974 bits per heavy atom. The van der Waals surface area contributed by atoms with Crippen LogP contribution in [0.15, 0.2) is 72.8 Å². The van der Waals surface area contributed by atoms with Crippen LogP contribution in [0.3, 0.4) is 0 Å². The van der Waals surface area contributed by atoms with E-state index in [1.807, 2.05) is 66.4 Å². The lowest BCUT2D eigenvalue weighted by molar-refractivity contribution is -0.132. The van der Waals surface area contributed by atoms with Gasteiger partial charge in [-0.25, -0.2) is 9.59 Å². The molecule has 8 heteroatoms. The number of anilines is 2. The van der Waals surface area contributed by atoms with E-state index in [4.69, 9.17) is 9.84 Å². The lowest BCUT2D eigenvalue weighted by Crippen LogP contribution is -2.33. The molecule has 3 amide bonds. The van der Waals surface area contributed by atoms with Crippen LogP contribution in [0.5, 0.6) is 5.75 Å². The predicted octanol–water partition coefficient (Wildman–Crippen LogP) is 5.48. The van der Waals surface area contributed by atoms with Gasteiger partial charge < -0.3 is 25.4 Å². The van der Waals surface area contributed by atoms with Crippen molar-refractivity contribution in [1.29, 1.82) is 0 Å². The number of urea groups is 1. The number of rotatable bonds is 10. The van der Waals surface area contributed by atoms with Crippen molar-refractivity contribution >= 4 is 35.4 Å². The molecule has 3 aromatic rings. The molecule has 8 nitrogen and oxygen atoms in total. The monoisotopic (exact) mass is 513 g/mol. The van der Waals surface area contributed by atoms with Gasteiger partial charge in [-0.2, -0.15) is 0 Å². The summed E-state index contributed by atoms with van der Waals surface area (Å²) in [6, 6.07) is 20.2. The van der Waals surface area contributed by atoms with Gasteiger partial charge in [-0.05, 0) is 66.3 Å². The molecule has 0 heterocycles. The summed E-state index contributed by atoms with van der Waals surface area (Å²) in [4.78, 5) is 38.4. The maximum atomic E-state index is 13.3. The number of hydrogen-bond donors (Lipinski definition) is 3. The van der Waals surface area contributed by atoms with E-state index in [-0.39, 0.29) is 24.4 Å². The second-order valence-electron chi connectivity index (χ2n) is 9.27. The van der Waals surface area contributed by atoms with Crippen LogP contribution in [0.25, 0.3) is 6.08 Å². The molecule has 1 aliphatic rings. The van der Waals surface area contributed by atoms with E-state index in [0.29, 0.717) is 18.0 Å². The van der Waals surface area contributed by atoms with Gasteiger partial charge in [0.2, 0.25) is 5.91 Å². The van der Waals surface area contributed by atoms with Crippen molar-refractivity contribution in [3.63, 3.8) is 0 Å². The third-order valence-electron chi connectivity index (χ3n) is 6.32. The van der Waals surface area contributed by atoms with E-state index in [9.17, 15) is 14.4 Å². The molecule has 1 saturated carbocycles. The van der Waals surface area contributed by atoms with Gasteiger partial charge in [0.05, 0.1) is 19.2 Å². The van der Waals surface area contributed by atoms with Gasteiger partial charge in [0.1, 0.15) is 5.75 Å². The Hall–Kier alpha value is -4.59. The Morgan fingerprint density at radius 2 is 1.66 bits per heavy atom. The summed E-state index contributed by atoms with van der Waals surface area (Å²) in [6.45, 7) is 2.41. The SMILES string of the molecule is COc1cc(CC(=O)N(Cc2ccc(C=CC(=O)O)cc2)C2CC2)ccc1NC(=O)Nc1ccccc1C. The number of carbonyl (C=O) groups is 3. The van der Waals surface area contributed by atoms with Gasteiger partial charge in [-0.1, -0.05) is 48.5 Å². The van der Waals surface area contributed by atoms with Crippen LogP contribution in [0.4, 0.5) is 16.2 Å². The number of aliphatic carboxylic acids is 1. The molecule has 0 unspecified atom stereocenters. The number of methoxy groups -OCH3 is 1. The molecule has 4 rings (SSSR count). The van der Waals surface area contributed by atoms with Crippen molar-refractivity contribution in [2.75, 3.05) is 17.7 Å². The Bertz CT molecular complexity index is 1350. The first-order chi connectivity index (χ1) is 18.3. The van der Waals surface area contributed by atoms with Crippen LogP contribution in [0.1, 0.15) is 35.1 Å². The lowest BCUT2D eigenvalue weighted by Gasteiger charge is -2.23. The number of para-hydroxylation sites is 1. The van der Waals surface area contributed by atoms with Crippen molar-refractivity contribution in [2.24, 2.45) is 0 Å². The lowest BCUT2D eigenvalue weighted by atomic mass is 10.1. The van der Waals surface area contributed by atoms with Crippen LogP contribution in [-0.4, -0.2) is 41.1 Å². The molecular formula is C30H31N3O5. The van der Waals surface area contributed by atoms with E-state index < -0.39 is 5.97 Å². The number of benzene rings is 3. The minimum Gasteiger partial charge on any atom is -0.495 e. The smallest absolute Gasteiger partial charge is 0.328 e. The zero-order valence-electron chi connectivity index (χ0n) is 21.4. The molecule has 38 heavy (non-hydrogen) atoms. The van der Waals surface area contributed by atoms with E-state index >= 15 is 0 Å². The quantitative estimate of drug-likeness (QED) is 0.311. The number of hydrogen-bond acceptors (Lipinski definition) is 4. The maximum absolute atomic E-state index is 13.3. The number of carboxylic acids is 1. The van der Waals surface area contributed by atoms with Crippen LogP contribution < -0.4 is 15.4 Å². The average Bonchev–Trinajstić information content (AvgIpc) is 3.74. The van der Waals surface area contributed by atoms with Crippen molar-refractivity contribution < 1.29 is 24.2 Å². The van der Waals surface area contributed by atoms with Crippen LogP contribution >= 0.6 is 0 Å². The average molecular weight is 514 g/mol. The number of amides is 3. The number of aryl methyl sites for hydroxylation is 1. The van der Waals surface area contributed by atoms with Gasteiger partial charge in [-0.15, -0.1) is 0 Å². The molecule has 3 aromatic carbocycles. The highest BCUT2D eigenvalue weighted by atomic mass is 16.5. The summed E-state index contributed by atoms with van der Waals surface area (Å²) in [5, 5.41) is 14.4. The zero-order chi connectivity index (χ0) is 27.1. The molecular weight excluding hydrogens is 482 g/mol. The fourth-order valence-electron chi connectivity index (χ4n) is 4.12. The van der Waals surface area contributed by atoms with Crippen molar-refractivity contribution in [3.05, 3.63) is 95.1 Å². The molecule has 1 aliphatic carbocycles. The zero-order valence-corrected chi connectivity index (χ0v) is 21.4. The third-order valence-corrected chi connectivity index (χ3v) is 6.32. The molecule has 0 radical (unpaired) electrons. The number of carbonyl (C=O) groups excluding carboxylic acids is 2. The first-order valence-corrected chi connectivity index (χ1v) is 12.4. The number of nitrogens with zero attached hydrogens (tertiary/aromatic N) is 1. The van der Waals surface area contributed by atoms with Crippen LogP contribution in [-0.2, 0) is 22.6 Å². The highest BCUT2D eigenvalue weighted by Crippen LogP contribution is 2.31. The van der Waals surface area contributed by atoms with Crippen molar-refractivity contribution in [1.82, 2.24) is 4.90 Å². The summed E-state index contributed by atoms with van der Waals surface area (Å²) in [7, 11) is 1.52. The Labute approximate surface area is 221 Å². The molecule has 0 saturated heterocycles. The van der Waals surface area contributed by atoms with Gasteiger partial charge in [-0.3, -0.25) is 4.79 Å². The largest absolute Gasteiger partial charge is 0.495 e. The standard InChI is InChI=1S/C30H31N3O5/c1-20-5-3-4-6-25(20)31-30(37)32-26-15-11-23(17-27(26)38-2)18-28(34)33(24-13-14-24)19-22-9-7-21(8-10-22)12-16-29(35)36/h3-12,15-17,24H,13-14,18-19H2,1-2H3,(H,35,36)(H2,31,32,37). The van der Waals surface area contributed by atoms with Gasteiger partial charge >= 0.3 is 12.0 Å². The molecule has 0 atom stereocenters. The third kappa shape index (κ3) is 7.22. The van der Waals surface area contributed by atoms with E-state index in [1.54, 1.807) is 12.1 Å². The Balaban J connectivity index is 1.40. The molecule has 0 aromatic heterocycles. The fraction of sp³-hybridized carbons (Fsp3) is 0.233. The molecule has 3 N–H and O–H groups in total. The van der Waals surface area contributed by atoms with Crippen LogP contribution in [0, 0.1) is 6.92 Å². The minimum absolute atomic E-state index is 0.0161. The number of nitrogens with one attached hydrogen (secondary N) is 2. The fourth-order valence-corrected chi connectivity index (χ4v) is 4.12. The highest BCUT2D eigenvalue weighted by Gasteiger charge is 2.32. The highest BCUT2D eigenvalue weighted by molar-refractivity contribution is 6.01. The van der Waals surface area contributed by atoms with Gasteiger partial charge in [0.15, 0.2) is 0 Å². The van der Waals surface area contributed by atoms with E-state index in [1.165, 1.54) is 13.2 Å². The first-order valence-electron chi connectivity index (χ1n) is 12.4. The molecule has 0 bridgehead atoms. The summed E-state index contributed by atoms with van der Waals surface area (Å²) in [5.74, 6) is -0.508. The van der Waals surface area contributed by atoms with Gasteiger partial charge in [0.25, 0.3) is 0 Å². The van der Waals surface area contributed by atoms with E-state index in [0.717, 1.165) is 46.9 Å². The molecule has 196 valence electrons. The second-order valence-corrected chi connectivity index (χ2v) is 9.27. The normalized spacial score (nSPS) is 12.7. The van der Waals surface area contributed by atoms with E-state index in [2.05, 4.69) is 10.6 Å². The Morgan fingerprint density at radius 3 is 2.32 bits per heavy atom. The Kier molecular flexibility index (Phi) is 8.43. The van der Waals surface area contributed by atoms with Crippen molar-refractivity contribution in [2.45, 2.75) is 38.8 Å². The second kappa shape index (κ2) is 12.1. The summed E-state index contributed by atoms with van der Waals surface area (Å²) >= 11 is 0.